The second-order valence-electron chi connectivity index (χ2n) is 5.66. The highest BCUT2D eigenvalue weighted by Gasteiger charge is 2.66. The van der Waals surface area contributed by atoms with E-state index in [0.717, 1.165) is 11.3 Å². The van der Waals surface area contributed by atoms with Gasteiger partial charge in [0.1, 0.15) is 5.75 Å². The third kappa shape index (κ3) is 1.66. The van der Waals surface area contributed by atoms with Crippen LogP contribution in [0.4, 0.5) is 0 Å². The molecule has 3 rings (SSSR count). The van der Waals surface area contributed by atoms with Crippen molar-refractivity contribution >= 4 is 0 Å². The van der Waals surface area contributed by atoms with Crippen LogP contribution in [-0.4, -0.2) is 11.2 Å². The van der Waals surface area contributed by atoms with Gasteiger partial charge in [-0.15, -0.1) is 0 Å². The lowest BCUT2D eigenvalue weighted by Crippen LogP contribution is -2.13. The van der Waals surface area contributed by atoms with Crippen molar-refractivity contribution in [3.63, 3.8) is 0 Å². The standard InChI is InChI=1S/C15H20O2/c1-10(2)17-12-6-3-5-11(9-12)15(16)13-7-4-8-14(13)15/h3,5-6,9-10,13-14,16H,4,7-8H2,1-2H3. The SMILES string of the molecule is CC(C)Oc1cccc(C2(O)C3CCCC32)c1. The van der Waals surface area contributed by atoms with Gasteiger partial charge in [-0.25, -0.2) is 0 Å². The summed E-state index contributed by atoms with van der Waals surface area (Å²) in [5.41, 5.74) is 0.500. The molecule has 92 valence electrons. The Kier molecular flexibility index (Phi) is 2.44. The van der Waals surface area contributed by atoms with E-state index in [4.69, 9.17) is 4.74 Å². The van der Waals surface area contributed by atoms with Gasteiger partial charge in [-0.3, -0.25) is 0 Å². The Morgan fingerprint density at radius 3 is 2.65 bits per heavy atom. The maximum Gasteiger partial charge on any atom is 0.120 e. The quantitative estimate of drug-likeness (QED) is 0.867. The van der Waals surface area contributed by atoms with Crippen molar-refractivity contribution in [1.29, 1.82) is 0 Å². The molecule has 1 aromatic rings. The van der Waals surface area contributed by atoms with Crippen LogP contribution in [-0.2, 0) is 5.60 Å². The fourth-order valence-corrected chi connectivity index (χ4v) is 3.44. The van der Waals surface area contributed by atoms with Crippen LogP contribution in [0, 0.1) is 11.8 Å². The molecule has 2 unspecified atom stereocenters. The monoisotopic (exact) mass is 232 g/mol. The van der Waals surface area contributed by atoms with Crippen molar-refractivity contribution in [3.05, 3.63) is 29.8 Å². The highest BCUT2D eigenvalue weighted by molar-refractivity contribution is 5.39. The second kappa shape index (κ2) is 3.74. The van der Waals surface area contributed by atoms with Gasteiger partial charge in [0.15, 0.2) is 0 Å². The van der Waals surface area contributed by atoms with Crippen LogP contribution in [0.25, 0.3) is 0 Å². The fourth-order valence-electron chi connectivity index (χ4n) is 3.44. The van der Waals surface area contributed by atoms with Crippen LogP contribution in [0.3, 0.4) is 0 Å². The zero-order valence-corrected chi connectivity index (χ0v) is 10.5. The number of ether oxygens (including phenoxy) is 1. The molecular weight excluding hydrogens is 212 g/mol. The van der Waals surface area contributed by atoms with Gasteiger partial charge in [0, 0.05) is 0 Å². The predicted molar refractivity (Wildman–Crippen MR) is 66.9 cm³/mol. The van der Waals surface area contributed by atoms with Crippen molar-refractivity contribution in [2.75, 3.05) is 0 Å². The lowest BCUT2D eigenvalue weighted by Gasteiger charge is -2.17. The summed E-state index contributed by atoms with van der Waals surface area (Å²) in [5.74, 6) is 1.87. The summed E-state index contributed by atoms with van der Waals surface area (Å²) in [6.45, 7) is 4.04. The van der Waals surface area contributed by atoms with Gasteiger partial charge >= 0.3 is 0 Å². The Morgan fingerprint density at radius 1 is 1.29 bits per heavy atom. The van der Waals surface area contributed by atoms with Crippen molar-refractivity contribution in [3.8, 4) is 5.75 Å². The second-order valence-corrected chi connectivity index (χ2v) is 5.66. The molecule has 0 saturated heterocycles. The van der Waals surface area contributed by atoms with Gasteiger partial charge in [0.05, 0.1) is 11.7 Å². The third-order valence-electron chi connectivity index (χ3n) is 4.21. The maximum absolute atomic E-state index is 10.7. The van der Waals surface area contributed by atoms with E-state index in [1.54, 1.807) is 0 Å². The number of rotatable bonds is 3. The fraction of sp³-hybridized carbons (Fsp3) is 0.600. The smallest absolute Gasteiger partial charge is 0.120 e. The van der Waals surface area contributed by atoms with Crippen LogP contribution < -0.4 is 4.74 Å². The Labute approximate surface area is 103 Å². The van der Waals surface area contributed by atoms with E-state index in [1.165, 1.54) is 19.3 Å². The minimum atomic E-state index is -0.547. The molecule has 0 spiro atoms. The van der Waals surface area contributed by atoms with E-state index in [0.29, 0.717) is 11.8 Å². The van der Waals surface area contributed by atoms with Crippen LogP contribution in [0.2, 0.25) is 0 Å². The molecule has 0 radical (unpaired) electrons. The molecule has 2 fully saturated rings. The number of hydrogen-bond donors (Lipinski definition) is 1. The number of fused-ring (bicyclic) bond motifs is 1. The average molecular weight is 232 g/mol. The third-order valence-corrected chi connectivity index (χ3v) is 4.21. The Bertz CT molecular complexity index is 415. The normalized spacial score (nSPS) is 34.8. The van der Waals surface area contributed by atoms with Gasteiger partial charge in [-0.2, -0.15) is 0 Å². The van der Waals surface area contributed by atoms with E-state index >= 15 is 0 Å². The van der Waals surface area contributed by atoms with Gasteiger partial charge in [0.25, 0.3) is 0 Å². The zero-order valence-electron chi connectivity index (χ0n) is 10.5. The maximum atomic E-state index is 10.7. The molecule has 0 aliphatic heterocycles. The molecule has 1 aromatic carbocycles. The summed E-state index contributed by atoms with van der Waals surface area (Å²) in [5, 5.41) is 10.7. The molecule has 0 bridgehead atoms. The molecule has 2 atom stereocenters. The first-order valence-corrected chi connectivity index (χ1v) is 6.62. The Morgan fingerprint density at radius 2 is 2.00 bits per heavy atom. The lowest BCUT2D eigenvalue weighted by molar-refractivity contribution is 0.105. The average Bonchev–Trinajstić information content (AvgIpc) is 2.68. The van der Waals surface area contributed by atoms with Gasteiger partial charge < -0.3 is 9.84 Å². The number of benzene rings is 1. The highest BCUT2D eigenvalue weighted by Crippen LogP contribution is 2.66. The van der Waals surface area contributed by atoms with Crippen molar-refractivity contribution < 1.29 is 9.84 Å². The van der Waals surface area contributed by atoms with E-state index in [1.807, 2.05) is 38.1 Å². The first-order chi connectivity index (χ1) is 8.12. The largest absolute Gasteiger partial charge is 0.491 e. The van der Waals surface area contributed by atoms with Gasteiger partial charge in [-0.05, 0) is 56.2 Å². The molecule has 0 amide bonds. The minimum Gasteiger partial charge on any atom is -0.491 e. The van der Waals surface area contributed by atoms with E-state index in [9.17, 15) is 5.11 Å². The summed E-state index contributed by atoms with van der Waals surface area (Å²) < 4.78 is 5.69. The minimum absolute atomic E-state index is 0.179. The lowest BCUT2D eigenvalue weighted by atomic mass is 9.99. The summed E-state index contributed by atoms with van der Waals surface area (Å²) >= 11 is 0. The first-order valence-electron chi connectivity index (χ1n) is 6.62. The molecule has 17 heavy (non-hydrogen) atoms. The topological polar surface area (TPSA) is 29.5 Å². The van der Waals surface area contributed by atoms with Gasteiger partial charge in [0.2, 0.25) is 0 Å². The molecular formula is C15H20O2. The molecule has 2 aliphatic rings. The summed E-state index contributed by atoms with van der Waals surface area (Å²) in [7, 11) is 0. The molecule has 2 nitrogen and oxygen atoms in total. The Balaban J connectivity index is 1.84. The van der Waals surface area contributed by atoms with Crippen molar-refractivity contribution in [2.45, 2.75) is 44.8 Å². The summed E-state index contributed by atoms with van der Waals surface area (Å²) in [6, 6.07) is 7.99. The molecule has 2 saturated carbocycles. The summed E-state index contributed by atoms with van der Waals surface area (Å²) in [6.07, 6.45) is 3.81. The van der Waals surface area contributed by atoms with Crippen LogP contribution in [0.5, 0.6) is 5.75 Å². The molecule has 2 aliphatic carbocycles. The van der Waals surface area contributed by atoms with E-state index in [2.05, 4.69) is 0 Å². The van der Waals surface area contributed by atoms with Crippen LogP contribution in [0.1, 0.15) is 38.7 Å². The van der Waals surface area contributed by atoms with Crippen LogP contribution >= 0.6 is 0 Å². The summed E-state index contributed by atoms with van der Waals surface area (Å²) in [4.78, 5) is 0. The van der Waals surface area contributed by atoms with E-state index < -0.39 is 5.60 Å². The molecule has 0 heterocycles. The first kappa shape index (κ1) is 11.1. The molecule has 0 aromatic heterocycles. The number of aliphatic hydroxyl groups is 1. The molecule has 1 N–H and O–H groups in total. The highest BCUT2D eigenvalue weighted by atomic mass is 16.5. The van der Waals surface area contributed by atoms with Crippen LogP contribution in [0.15, 0.2) is 24.3 Å². The van der Waals surface area contributed by atoms with Crippen molar-refractivity contribution in [2.24, 2.45) is 11.8 Å². The Hall–Kier alpha value is -1.02. The van der Waals surface area contributed by atoms with Gasteiger partial charge in [-0.1, -0.05) is 18.6 Å². The molecule has 2 heteroatoms. The van der Waals surface area contributed by atoms with E-state index in [-0.39, 0.29) is 6.10 Å². The van der Waals surface area contributed by atoms with Crippen molar-refractivity contribution in [1.82, 2.24) is 0 Å². The number of hydrogen-bond acceptors (Lipinski definition) is 2. The zero-order chi connectivity index (χ0) is 12.0. The predicted octanol–water partition coefficient (Wildman–Crippen LogP) is 3.09.